The number of β-amino-alcohol motifs (C(OH)–C–C–N with tert-alkyl or cyclic N) is 1. The Hall–Kier alpha value is -0.830. The number of nitrogens with zero attached hydrogens (tertiary/aromatic N) is 1. The Morgan fingerprint density at radius 2 is 2.00 bits per heavy atom. The van der Waals surface area contributed by atoms with Crippen LogP contribution in [0.1, 0.15) is 18.9 Å². The van der Waals surface area contributed by atoms with Gasteiger partial charge in [-0.3, -0.25) is 0 Å². The second-order valence-corrected chi connectivity index (χ2v) is 7.57. The van der Waals surface area contributed by atoms with Crippen LogP contribution in [0.2, 0.25) is 5.02 Å². The fourth-order valence-electron chi connectivity index (χ4n) is 2.14. The van der Waals surface area contributed by atoms with Crippen LogP contribution in [0.3, 0.4) is 0 Å². The summed E-state index contributed by atoms with van der Waals surface area (Å²) in [5, 5.41) is 9.24. The molecule has 0 aromatic heterocycles. The van der Waals surface area contributed by atoms with Gasteiger partial charge in [0.15, 0.2) is 0 Å². The topological polar surface area (TPSA) is 57.6 Å². The van der Waals surface area contributed by atoms with Crippen molar-refractivity contribution in [3.63, 3.8) is 0 Å². The highest BCUT2D eigenvalue weighted by molar-refractivity contribution is 7.89. The number of benzene rings is 1. The van der Waals surface area contributed by atoms with Crippen LogP contribution < -0.4 is 0 Å². The van der Waals surface area contributed by atoms with Gasteiger partial charge in [-0.25, -0.2) is 8.42 Å². The molecule has 1 N–H and O–H groups in total. The first-order valence-corrected chi connectivity index (χ1v) is 7.85. The van der Waals surface area contributed by atoms with Gasteiger partial charge in [-0.1, -0.05) is 11.6 Å². The van der Waals surface area contributed by atoms with Crippen molar-refractivity contribution in [2.45, 2.75) is 30.0 Å². The molecule has 1 heterocycles. The summed E-state index contributed by atoms with van der Waals surface area (Å²) in [6.07, 6.45) is -4.51. The van der Waals surface area contributed by atoms with Gasteiger partial charge in [-0.05, 0) is 31.5 Å². The molecule has 1 saturated heterocycles. The van der Waals surface area contributed by atoms with Crippen molar-refractivity contribution in [3.05, 3.63) is 28.8 Å². The van der Waals surface area contributed by atoms with Crippen LogP contribution in [0.4, 0.5) is 13.2 Å². The Balaban J connectivity index is 2.43. The molecule has 0 aliphatic carbocycles. The van der Waals surface area contributed by atoms with Gasteiger partial charge in [0.1, 0.15) is 0 Å². The molecule has 0 radical (unpaired) electrons. The largest absolute Gasteiger partial charge is 0.417 e. The highest BCUT2D eigenvalue weighted by Crippen LogP contribution is 2.37. The second kappa shape index (κ2) is 5.12. The van der Waals surface area contributed by atoms with Gasteiger partial charge in [0, 0.05) is 13.1 Å². The normalized spacial score (nSPS) is 24.5. The lowest BCUT2D eigenvalue weighted by Crippen LogP contribution is -2.34. The van der Waals surface area contributed by atoms with E-state index in [1.807, 2.05) is 0 Å². The maximum atomic E-state index is 12.8. The zero-order chi connectivity index (χ0) is 16.1. The van der Waals surface area contributed by atoms with Crippen molar-refractivity contribution in [1.82, 2.24) is 4.31 Å². The molecule has 1 aliphatic heterocycles. The standard InChI is InChI=1S/C12H13ClF3NO3S/c1-11(18)4-5-17(7-11)21(19,20)8-2-3-10(13)9(6-8)12(14,15)16/h2-3,6,18H,4-5,7H2,1H3. The highest BCUT2D eigenvalue weighted by Gasteiger charge is 2.40. The summed E-state index contributed by atoms with van der Waals surface area (Å²) in [5.74, 6) is 0. The van der Waals surface area contributed by atoms with Gasteiger partial charge in [-0.15, -0.1) is 0 Å². The van der Waals surface area contributed by atoms with Gasteiger partial charge < -0.3 is 5.11 Å². The molecule has 4 nitrogen and oxygen atoms in total. The highest BCUT2D eigenvalue weighted by atomic mass is 35.5. The summed E-state index contributed by atoms with van der Waals surface area (Å²) < 4.78 is 64.0. The lowest BCUT2D eigenvalue weighted by molar-refractivity contribution is -0.137. The molecule has 1 fully saturated rings. The number of aliphatic hydroxyl groups is 1. The van der Waals surface area contributed by atoms with Gasteiger partial charge in [0.25, 0.3) is 0 Å². The van der Waals surface area contributed by atoms with Crippen molar-refractivity contribution in [2.24, 2.45) is 0 Å². The summed E-state index contributed by atoms with van der Waals surface area (Å²) >= 11 is 5.47. The summed E-state index contributed by atoms with van der Waals surface area (Å²) in [5.41, 5.74) is -2.37. The quantitative estimate of drug-likeness (QED) is 0.897. The number of hydrogen-bond donors (Lipinski definition) is 1. The first kappa shape index (κ1) is 16.5. The van der Waals surface area contributed by atoms with E-state index in [-0.39, 0.29) is 19.5 Å². The molecule has 0 amide bonds. The van der Waals surface area contributed by atoms with E-state index >= 15 is 0 Å². The number of halogens is 4. The summed E-state index contributed by atoms with van der Waals surface area (Å²) in [7, 11) is -4.09. The first-order valence-electron chi connectivity index (χ1n) is 6.03. The SMILES string of the molecule is CC1(O)CCN(S(=O)(=O)c2ccc(Cl)c(C(F)(F)F)c2)C1. The fraction of sp³-hybridized carbons (Fsp3) is 0.500. The summed E-state index contributed by atoms with van der Waals surface area (Å²) in [6.45, 7) is 1.38. The van der Waals surface area contributed by atoms with Crippen molar-refractivity contribution in [1.29, 1.82) is 0 Å². The molecule has 9 heteroatoms. The molecule has 1 aromatic rings. The van der Waals surface area contributed by atoms with Gasteiger partial charge in [0.2, 0.25) is 10.0 Å². The lowest BCUT2D eigenvalue weighted by Gasteiger charge is -2.19. The minimum atomic E-state index is -4.74. The van der Waals surface area contributed by atoms with E-state index in [9.17, 15) is 26.7 Å². The number of rotatable bonds is 2. The fourth-order valence-corrected chi connectivity index (χ4v) is 3.95. The number of sulfonamides is 1. The van der Waals surface area contributed by atoms with Gasteiger partial charge in [0.05, 0.1) is 21.1 Å². The third kappa shape index (κ3) is 3.33. The molecule has 1 unspecified atom stereocenters. The van der Waals surface area contributed by atoms with E-state index in [0.717, 1.165) is 16.4 Å². The maximum Gasteiger partial charge on any atom is 0.417 e. The molecule has 1 aliphatic rings. The molecule has 0 saturated carbocycles. The predicted octanol–water partition coefficient (Wildman–Crippen LogP) is 2.50. The molecule has 0 bridgehead atoms. The van der Waals surface area contributed by atoms with E-state index in [1.165, 1.54) is 6.92 Å². The monoisotopic (exact) mass is 343 g/mol. The Morgan fingerprint density at radius 3 is 2.48 bits per heavy atom. The van der Waals surface area contributed by atoms with Crippen molar-refractivity contribution in [3.8, 4) is 0 Å². The molecular weight excluding hydrogens is 331 g/mol. The van der Waals surface area contributed by atoms with E-state index in [0.29, 0.717) is 6.07 Å². The summed E-state index contributed by atoms with van der Waals surface area (Å²) in [6, 6.07) is 2.45. The Kier molecular flexibility index (Phi) is 4.03. The zero-order valence-electron chi connectivity index (χ0n) is 11.0. The maximum absolute atomic E-state index is 12.8. The molecule has 21 heavy (non-hydrogen) atoms. The summed E-state index contributed by atoms with van der Waals surface area (Å²) in [4.78, 5) is -0.489. The third-order valence-electron chi connectivity index (χ3n) is 3.30. The van der Waals surface area contributed by atoms with Crippen molar-refractivity contribution in [2.75, 3.05) is 13.1 Å². The van der Waals surface area contributed by atoms with Crippen molar-refractivity contribution < 1.29 is 26.7 Å². The Bertz CT molecular complexity index is 658. The van der Waals surface area contributed by atoms with E-state index < -0.39 is 37.3 Å². The van der Waals surface area contributed by atoms with Crippen LogP contribution in [0.25, 0.3) is 0 Å². The number of alkyl halides is 3. The molecule has 0 spiro atoms. The average Bonchev–Trinajstić information content (AvgIpc) is 2.69. The van der Waals surface area contributed by atoms with E-state index in [2.05, 4.69) is 0 Å². The van der Waals surface area contributed by atoms with Gasteiger partial charge in [-0.2, -0.15) is 17.5 Å². The molecule has 1 aromatic carbocycles. The number of hydrogen-bond acceptors (Lipinski definition) is 3. The lowest BCUT2D eigenvalue weighted by atomic mass is 10.1. The molecule has 118 valence electrons. The average molecular weight is 344 g/mol. The minimum Gasteiger partial charge on any atom is -0.389 e. The third-order valence-corrected chi connectivity index (χ3v) is 5.47. The van der Waals surface area contributed by atoms with Crippen LogP contribution in [-0.4, -0.2) is 36.5 Å². The van der Waals surface area contributed by atoms with Crippen LogP contribution in [0.5, 0.6) is 0 Å². The smallest absolute Gasteiger partial charge is 0.389 e. The van der Waals surface area contributed by atoms with Crippen LogP contribution in [-0.2, 0) is 16.2 Å². The first-order chi connectivity index (χ1) is 9.43. The van der Waals surface area contributed by atoms with Crippen molar-refractivity contribution >= 4 is 21.6 Å². The van der Waals surface area contributed by atoms with E-state index in [4.69, 9.17) is 11.6 Å². The predicted molar refractivity (Wildman–Crippen MR) is 70.5 cm³/mol. The molecule has 2 rings (SSSR count). The van der Waals surface area contributed by atoms with Crippen LogP contribution in [0.15, 0.2) is 23.1 Å². The van der Waals surface area contributed by atoms with E-state index in [1.54, 1.807) is 0 Å². The Labute approximate surface area is 125 Å². The molecule has 1 atom stereocenters. The minimum absolute atomic E-state index is 0.0549. The molecular formula is C12H13ClF3NO3S. The van der Waals surface area contributed by atoms with Crippen LogP contribution in [0, 0.1) is 0 Å². The Morgan fingerprint density at radius 1 is 1.38 bits per heavy atom. The second-order valence-electron chi connectivity index (χ2n) is 5.22. The van der Waals surface area contributed by atoms with Gasteiger partial charge >= 0.3 is 6.18 Å². The van der Waals surface area contributed by atoms with Crippen LogP contribution >= 0.6 is 11.6 Å². The zero-order valence-corrected chi connectivity index (χ0v) is 12.6.